The zero-order valence-corrected chi connectivity index (χ0v) is 13.5. The summed E-state index contributed by atoms with van der Waals surface area (Å²) in [6.45, 7) is 3.60. The van der Waals surface area contributed by atoms with Crippen LogP contribution in [-0.2, 0) is 20.7 Å². The molecule has 6 heteroatoms. The number of rotatable bonds is 7. The van der Waals surface area contributed by atoms with E-state index in [1.807, 2.05) is 6.92 Å². The van der Waals surface area contributed by atoms with Gasteiger partial charge < -0.3 is 9.84 Å². The van der Waals surface area contributed by atoms with Crippen molar-refractivity contribution in [1.29, 1.82) is 0 Å². The van der Waals surface area contributed by atoms with Crippen LogP contribution in [0.1, 0.15) is 32.3 Å². The molecule has 0 fully saturated rings. The SMILES string of the molecule is CCCC(Cc1ccc(Cl)cc1Cl)(C(=O)O)C(=O)OCC. The molecular formula is C15H18Cl2O4. The van der Waals surface area contributed by atoms with Gasteiger partial charge in [-0.1, -0.05) is 42.6 Å². The minimum Gasteiger partial charge on any atom is -0.480 e. The topological polar surface area (TPSA) is 63.6 Å². The van der Waals surface area contributed by atoms with E-state index < -0.39 is 17.4 Å². The van der Waals surface area contributed by atoms with Crippen LogP contribution in [-0.4, -0.2) is 23.7 Å². The molecule has 1 N–H and O–H groups in total. The first-order valence-electron chi connectivity index (χ1n) is 6.72. The molecule has 0 spiro atoms. The number of carboxylic acids is 1. The van der Waals surface area contributed by atoms with Crippen molar-refractivity contribution >= 4 is 35.1 Å². The van der Waals surface area contributed by atoms with Crippen LogP contribution in [0.5, 0.6) is 0 Å². The molecule has 116 valence electrons. The Balaban J connectivity index is 3.22. The lowest BCUT2D eigenvalue weighted by Crippen LogP contribution is -2.42. The van der Waals surface area contributed by atoms with Crippen LogP contribution < -0.4 is 0 Å². The summed E-state index contributed by atoms with van der Waals surface area (Å²) in [5.41, 5.74) is -1.06. The van der Waals surface area contributed by atoms with Crippen LogP contribution in [0.4, 0.5) is 0 Å². The van der Waals surface area contributed by atoms with Gasteiger partial charge in [0.05, 0.1) is 6.61 Å². The van der Waals surface area contributed by atoms with Gasteiger partial charge in [0.25, 0.3) is 0 Å². The monoisotopic (exact) mass is 332 g/mol. The van der Waals surface area contributed by atoms with Gasteiger partial charge in [-0.3, -0.25) is 9.59 Å². The molecule has 1 atom stereocenters. The average Bonchev–Trinajstić information content (AvgIpc) is 2.40. The van der Waals surface area contributed by atoms with E-state index in [0.29, 0.717) is 22.0 Å². The fourth-order valence-electron chi connectivity index (χ4n) is 2.22. The summed E-state index contributed by atoms with van der Waals surface area (Å²) >= 11 is 11.9. The van der Waals surface area contributed by atoms with Crippen molar-refractivity contribution in [3.05, 3.63) is 33.8 Å². The van der Waals surface area contributed by atoms with Crippen molar-refractivity contribution in [2.75, 3.05) is 6.61 Å². The molecule has 21 heavy (non-hydrogen) atoms. The van der Waals surface area contributed by atoms with Gasteiger partial charge in [-0.15, -0.1) is 0 Å². The number of esters is 1. The number of aliphatic carboxylic acids is 1. The van der Waals surface area contributed by atoms with Crippen molar-refractivity contribution < 1.29 is 19.4 Å². The molecule has 0 aliphatic heterocycles. The van der Waals surface area contributed by atoms with Crippen molar-refractivity contribution in [2.24, 2.45) is 5.41 Å². The largest absolute Gasteiger partial charge is 0.480 e. The number of halogens is 2. The number of benzene rings is 1. The molecule has 0 aromatic heterocycles. The lowest BCUT2D eigenvalue weighted by atomic mass is 9.77. The molecule has 0 aliphatic carbocycles. The van der Waals surface area contributed by atoms with Crippen molar-refractivity contribution in [1.82, 2.24) is 0 Å². The highest BCUT2D eigenvalue weighted by molar-refractivity contribution is 6.35. The minimum absolute atomic E-state index is 0.0228. The third-order valence-corrected chi connectivity index (χ3v) is 3.85. The Morgan fingerprint density at radius 3 is 2.43 bits per heavy atom. The van der Waals surface area contributed by atoms with Crippen molar-refractivity contribution in [3.8, 4) is 0 Å². The molecule has 1 rings (SSSR count). The Labute approximate surface area is 134 Å². The first-order chi connectivity index (χ1) is 9.87. The summed E-state index contributed by atoms with van der Waals surface area (Å²) < 4.78 is 4.97. The fraction of sp³-hybridized carbons (Fsp3) is 0.467. The molecular weight excluding hydrogens is 315 g/mol. The predicted molar refractivity (Wildman–Crippen MR) is 81.8 cm³/mol. The van der Waals surface area contributed by atoms with Crippen LogP contribution in [0, 0.1) is 5.41 Å². The number of carbonyl (C=O) groups is 2. The van der Waals surface area contributed by atoms with E-state index in [4.69, 9.17) is 27.9 Å². The van der Waals surface area contributed by atoms with E-state index >= 15 is 0 Å². The van der Waals surface area contributed by atoms with Gasteiger partial charge in [0.1, 0.15) is 0 Å². The molecule has 4 nitrogen and oxygen atoms in total. The van der Waals surface area contributed by atoms with Gasteiger partial charge in [0.15, 0.2) is 5.41 Å². The smallest absolute Gasteiger partial charge is 0.323 e. The van der Waals surface area contributed by atoms with E-state index in [-0.39, 0.29) is 19.4 Å². The maximum atomic E-state index is 12.2. The Hall–Kier alpha value is -1.26. The predicted octanol–water partition coefficient (Wildman–Crippen LogP) is 3.97. The number of hydrogen-bond donors (Lipinski definition) is 1. The highest BCUT2D eigenvalue weighted by Gasteiger charge is 2.47. The third-order valence-electron chi connectivity index (χ3n) is 3.26. The molecule has 1 unspecified atom stereocenters. The fourth-order valence-corrected chi connectivity index (χ4v) is 2.69. The van der Waals surface area contributed by atoms with Crippen LogP contribution in [0.2, 0.25) is 10.0 Å². The zero-order chi connectivity index (χ0) is 16.0. The Morgan fingerprint density at radius 1 is 1.29 bits per heavy atom. The number of carbonyl (C=O) groups excluding carboxylic acids is 1. The standard InChI is InChI=1S/C15H18Cl2O4/c1-3-7-15(13(18)19,14(20)21-4-2)9-10-5-6-11(16)8-12(10)17/h5-6,8H,3-4,7,9H2,1-2H3,(H,18,19). The summed E-state index contributed by atoms with van der Waals surface area (Å²) in [5.74, 6) is -1.93. The van der Waals surface area contributed by atoms with Crippen LogP contribution in [0.15, 0.2) is 18.2 Å². The first kappa shape index (κ1) is 17.8. The first-order valence-corrected chi connectivity index (χ1v) is 7.47. The Bertz CT molecular complexity index is 530. The Morgan fingerprint density at radius 2 is 1.95 bits per heavy atom. The lowest BCUT2D eigenvalue weighted by molar-refractivity contribution is -0.169. The average molecular weight is 333 g/mol. The van der Waals surface area contributed by atoms with Gasteiger partial charge in [-0.25, -0.2) is 0 Å². The molecule has 1 aromatic carbocycles. The van der Waals surface area contributed by atoms with Crippen molar-refractivity contribution in [2.45, 2.75) is 33.1 Å². The molecule has 1 aromatic rings. The van der Waals surface area contributed by atoms with Gasteiger partial charge in [0.2, 0.25) is 0 Å². The molecule has 0 aliphatic rings. The molecule has 0 heterocycles. The minimum atomic E-state index is -1.62. The van der Waals surface area contributed by atoms with Crippen LogP contribution >= 0.6 is 23.2 Å². The van der Waals surface area contributed by atoms with E-state index in [9.17, 15) is 14.7 Å². The summed E-state index contributed by atoms with van der Waals surface area (Å²) in [7, 11) is 0. The molecule has 0 bridgehead atoms. The van der Waals surface area contributed by atoms with Gasteiger partial charge >= 0.3 is 11.9 Å². The van der Waals surface area contributed by atoms with Gasteiger partial charge in [-0.05, 0) is 31.0 Å². The molecule has 0 amide bonds. The number of hydrogen-bond acceptors (Lipinski definition) is 3. The number of ether oxygens (including phenoxy) is 1. The second-order valence-corrected chi connectivity index (χ2v) is 5.61. The van der Waals surface area contributed by atoms with Crippen LogP contribution in [0.25, 0.3) is 0 Å². The Kier molecular flexibility index (Phi) is 6.49. The normalized spacial score (nSPS) is 13.5. The highest BCUT2D eigenvalue weighted by Crippen LogP contribution is 2.34. The summed E-state index contributed by atoms with van der Waals surface area (Å²) in [6.07, 6.45) is 0.696. The molecule has 0 saturated heterocycles. The third kappa shape index (κ3) is 4.11. The zero-order valence-electron chi connectivity index (χ0n) is 12.0. The maximum Gasteiger partial charge on any atom is 0.323 e. The molecule has 0 saturated carbocycles. The number of carboxylic acid groups (broad SMARTS) is 1. The van der Waals surface area contributed by atoms with Crippen molar-refractivity contribution in [3.63, 3.8) is 0 Å². The molecule has 0 radical (unpaired) electrons. The quantitative estimate of drug-likeness (QED) is 0.606. The van der Waals surface area contributed by atoms with Crippen LogP contribution in [0.3, 0.4) is 0 Å². The van der Waals surface area contributed by atoms with E-state index in [1.165, 1.54) is 6.07 Å². The summed E-state index contributed by atoms with van der Waals surface area (Å²) in [4.78, 5) is 23.9. The lowest BCUT2D eigenvalue weighted by Gasteiger charge is -2.27. The maximum absolute atomic E-state index is 12.2. The second kappa shape index (κ2) is 7.66. The van der Waals surface area contributed by atoms with E-state index in [1.54, 1.807) is 19.1 Å². The van der Waals surface area contributed by atoms with E-state index in [2.05, 4.69) is 0 Å². The summed E-state index contributed by atoms with van der Waals surface area (Å²) in [6, 6.07) is 4.78. The second-order valence-electron chi connectivity index (χ2n) is 4.77. The van der Waals surface area contributed by atoms with Gasteiger partial charge in [0, 0.05) is 16.5 Å². The van der Waals surface area contributed by atoms with Gasteiger partial charge in [-0.2, -0.15) is 0 Å². The summed E-state index contributed by atoms with van der Waals surface area (Å²) in [5, 5.41) is 10.4. The highest BCUT2D eigenvalue weighted by atomic mass is 35.5. The van der Waals surface area contributed by atoms with E-state index in [0.717, 1.165) is 0 Å².